The number of halogens is 1. The van der Waals surface area contributed by atoms with Crippen LogP contribution in [0.3, 0.4) is 0 Å². The second kappa shape index (κ2) is 8.36. The summed E-state index contributed by atoms with van der Waals surface area (Å²) in [7, 11) is 5.85. The fraction of sp³-hybridized carbons (Fsp3) is 0.389. The monoisotopic (exact) mass is 316 g/mol. The summed E-state index contributed by atoms with van der Waals surface area (Å²) < 4.78 is 15.2. The first-order chi connectivity index (χ1) is 11.1. The predicted octanol–water partition coefficient (Wildman–Crippen LogP) is 2.80. The number of benzene rings is 1. The van der Waals surface area contributed by atoms with E-state index in [1.165, 1.54) is 11.8 Å². The van der Waals surface area contributed by atoms with Crippen LogP contribution >= 0.6 is 0 Å². The van der Waals surface area contributed by atoms with Gasteiger partial charge in [-0.1, -0.05) is 12.1 Å². The lowest BCUT2D eigenvalue weighted by Gasteiger charge is -2.22. The molecule has 23 heavy (non-hydrogen) atoms. The quantitative estimate of drug-likeness (QED) is 0.505. The zero-order valence-electron chi connectivity index (χ0n) is 14.1. The molecule has 1 aromatic carbocycles. The molecule has 0 saturated heterocycles. The van der Waals surface area contributed by atoms with Crippen molar-refractivity contribution in [2.75, 3.05) is 20.6 Å². The van der Waals surface area contributed by atoms with E-state index in [2.05, 4.69) is 25.8 Å². The molecule has 1 N–H and O–H groups in total. The maximum absolute atomic E-state index is 13.1. The normalized spacial score (nSPS) is 11.6. The molecule has 0 radical (unpaired) electrons. The summed E-state index contributed by atoms with van der Waals surface area (Å²) >= 11 is 0. The Labute approximate surface area is 137 Å². The van der Waals surface area contributed by atoms with Crippen molar-refractivity contribution in [1.82, 2.24) is 14.8 Å². The van der Waals surface area contributed by atoms with Crippen LogP contribution in [-0.2, 0) is 20.0 Å². The molecule has 2 aromatic rings. The number of guanidine groups is 1. The van der Waals surface area contributed by atoms with Gasteiger partial charge in [0.2, 0.25) is 0 Å². The number of rotatable bonds is 6. The van der Waals surface area contributed by atoms with Gasteiger partial charge < -0.3 is 14.8 Å². The summed E-state index contributed by atoms with van der Waals surface area (Å²) in [4.78, 5) is 6.41. The van der Waals surface area contributed by atoms with Crippen molar-refractivity contribution in [1.29, 1.82) is 0 Å². The van der Waals surface area contributed by atoms with Crippen LogP contribution in [0.4, 0.5) is 4.39 Å². The standard InChI is InChI=1S/C18H25FN4/c1-20-18(23(3)14-17-10-6-12-22(17)2)21-11-5-8-15-7-4-9-16(19)13-15/h4,6-7,9-10,12-13H,5,8,11,14H2,1-3H3,(H,20,21). The zero-order valence-corrected chi connectivity index (χ0v) is 14.1. The molecule has 1 aromatic heterocycles. The maximum atomic E-state index is 13.1. The average molecular weight is 316 g/mol. The third-order valence-corrected chi connectivity index (χ3v) is 3.84. The van der Waals surface area contributed by atoms with Gasteiger partial charge in [0.25, 0.3) is 0 Å². The number of aryl methyl sites for hydroxylation is 2. The van der Waals surface area contributed by atoms with Crippen molar-refractivity contribution in [3.8, 4) is 0 Å². The van der Waals surface area contributed by atoms with Gasteiger partial charge in [-0.05, 0) is 42.7 Å². The van der Waals surface area contributed by atoms with E-state index >= 15 is 0 Å². The summed E-state index contributed by atoms with van der Waals surface area (Å²) in [6, 6.07) is 10.9. The van der Waals surface area contributed by atoms with E-state index < -0.39 is 0 Å². The lowest BCUT2D eigenvalue weighted by atomic mass is 10.1. The Morgan fingerprint density at radius 1 is 1.30 bits per heavy atom. The number of nitrogens with one attached hydrogen (secondary N) is 1. The third kappa shape index (κ3) is 5.13. The van der Waals surface area contributed by atoms with Crippen molar-refractivity contribution in [3.63, 3.8) is 0 Å². The van der Waals surface area contributed by atoms with E-state index in [0.29, 0.717) is 0 Å². The molecule has 0 atom stereocenters. The number of aliphatic imine (C=N–C) groups is 1. The molecule has 0 aliphatic carbocycles. The minimum atomic E-state index is -0.173. The van der Waals surface area contributed by atoms with Crippen LogP contribution in [0.1, 0.15) is 17.7 Å². The Bertz CT molecular complexity index is 648. The summed E-state index contributed by atoms with van der Waals surface area (Å²) in [5, 5.41) is 3.36. The molecular weight excluding hydrogens is 291 g/mol. The molecule has 124 valence electrons. The van der Waals surface area contributed by atoms with Gasteiger partial charge in [0.15, 0.2) is 5.96 Å². The molecule has 4 nitrogen and oxygen atoms in total. The fourth-order valence-corrected chi connectivity index (χ4v) is 2.55. The Hall–Kier alpha value is -2.30. The van der Waals surface area contributed by atoms with Crippen molar-refractivity contribution in [2.45, 2.75) is 19.4 Å². The number of aromatic nitrogens is 1. The maximum Gasteiger partial charge on any atom is 0.193 e. The smallest absolute Gasteiger partial charge is 0.193 e. The molecule has 0 bridgehead atoms. The summed E-state index contributed by atoms with van der Waals surface area (Å²) in [6.07, 6.45) is 3.82. The van der Waals surface area contributed by atoms with Crippen LogP contribution < -0.4 is 5.32 Å². The molecule has 0 spiro atoms. The van der Waals surface area contributed by atoms with E-state index in [9.17, 15) is 4.39 Å². The van der Waals surface area contributed by atoms with Gasteiger partial charge in [-0.3, -0.25) is 4.99 Å². The molecule has 0 aliphatic heterocycles. The van der Waals surface area contributed by atoms with Crippen molar-refractivity contribution in [3.05, 3.63) is 59.7 Å². The van der Waals surface area contributed by atoms with E-state index in [-0.39, 0.29) is 5.82 Å². The average Bonchev–Trinajstić information content (AvgIpc) is 2.92. The molecule has 5 heteroatoms. The van der Waals surface area contributed by atoms with Crippen molar-refractivity contribution >= 4 is 5.96 Å². The fourth-order valence-electron chi connectivity index (χ4n) is 2.55. The third-order valence-electron chi connectivity index (χ3n) is 3.84. The first kappa shape index (κ1) is 17.1. The molecule has 1 heterocycles. The second-order valence-electron chi connectivity index (χ2n) is 5.67. The van der Waals surface area contributed by atoms with Crippen LogP contribution in [0.15, 0.2) is 47.6 Å². The number of hydrogen-bond donors (Lipinski definition) is 1. The van der Waals surface area contributed by atoms with E-state index in [1.54, 1.807) is 19.2 Å². The lowest BCUT2D eigenvalue weighted by Crippen LogP contribution is -2.39. The highest BCUT2D eigenvalue weighted by molar-refractivity contribution is 5.79. The Kier molecular flexibility index (Phi) is 6.20. The molecule has 0 saturated carbocycles. The van der Waals surface area contributed by atoms with Gasteiger partial charge in [-0.25, -0.2) is 4.39 Å². The van der Waals surface area contributed by atoms with Gasteiger partial charge in [-0.15, -0.1) is 0 Å². The van der Waals surface area contributed by atoms with Crippen LogP contribution in [0.25, 0.3) is 0 Å². The molecular formula is C18H25FN4. The van der Waals surface area contributed by atoms with Gasteiger partial charge in [0, 0.05) is 39.6 Å². The van der Waals surface area contributed by atoms with Gasteiger partial charge in [0.05, 0.1) is 6.54 Å². The molecule has 0 unspecified atom stereocenters. The SMILES string of the molecule is CN=C(NCCCc1cccc(F)c1)N(C)Cc1cccn1C. The highest BCUT2D eigenvalue weighted by atomic mass is 19.1. The highest BCUT2D eigenvalue weighted by Gasteiger charge is 2.07. The van der Waals surface area contributed by atoms with Crippen LogP contribution in [0, 0.1) is 5.82 Å². The lowest BCUT2D eigenvalue weighted by molar-refractivity contribution is 0.461. The van der Waals surface area contributed by atoms with Crippen LogP contribution in [0.2, 0.25) is 0 Å². The van der Waals surface area contributed by atoms with E-state index in [1.807, 2.05) is 32.4 Å². The molecule has 2 rings (SSSR count). The summed E-state index contributed by atoms with van der Waals surface area (Å²) in [6.45, 7) is 1.60. The Morgan fingerprint density at radius 3 is 2.78 bits per heavy atom. The van der Waals surface area contributed by atoms with Crippen LogP contribution in [0.5, 0.6) is 0 Å². The van der Waals surface area contributed by atoms with E-state index in [0.717, 1.165) is 37.5 Å². The van der Waals surface area contributed by atoms with Crippen molar-refractivity contribution in [2.24, 2.45) is 12.0 Å². The molecule has 0 aliphatic rings. The minimum absolute atomic E-state index is 0.173. The van der Waals surface area contributed by atoms with Crippen LogP contribution in [-0.4, -0.2) is 36.1 Å². The van der Waals surface area contributed by atoms with Gasteiger partial charge in [-0.2, -0.15) is 0 Å². The highest BCUT2D eigenvalue weighted by Crippen LogP contribution is 2.06. The zero-order chi connectivity index (χ0) is 16.7. The Morgan fingerprint density at radius 2 is 2.13 bits per heavy atom. The minimum Gasteiger partial charge on any atom is -0.356 e. The number of nitrogens with zero attached hydrogens (tertiary/aromatic N) is 3. The first-order valence-electron chi connectivity index (χ1n) is 7.86. The molecule has 0 fully saturated rings. The van der Waals surface area contributed by atoms with Crippen molar-refractivity contribution < 1.29 is 4.39 Å². The summed E-state index contributed by atoms with van der Waals surface area (Å²) in [5.41, 5.74) is 2.26. The largest absolute Gasteiger partial charge is 0.356 e. The number of hydrogen-bond acceptors (Lipinski definition) is 1. The van der Waals surface area contributed by atoms with Gasteiger partial charge in [0.1, 0.15) is 5.82 Å². The van der Waals surface area contributed by atoms with Gasteiger partial charge >= 0.3 is 0 Å². The first-order valence-corrected chi connectivity index (χ1v) is 7.86. The molecule has 0 amide bonds. The topological polar surface area (TPSA) is 32.6 Å². The summed E-state index contributed by atoms with van der Waals surface area (Å²) in [5.74, 6) is 0.694. The van der Waals surface area contributed by atoms with E-state index in [4.69, 9.17) is 0 Å². The second-order valence-corrected chi connectivity index (χ2v) is 5.67. The Balaban J connectivity index is 1.77. The predicted molar refractivity (Wildman–Crippen MR) is 93.0 cm³/mol.